The third-order valence-electron chi connectivity index (χ3n) is 6.88. The van der Waals surface area contributed by atoms with E-state index in [1.54, 1.807) is 0 Å². The number of primary amides is 1. The number of aryl methyl sites for hydroxylation is 1. The number of hydrogen-bond acceptors (Lipinski definition) is 4. The van der Waals surface area contributed by atoms with Crippen molar-refractivity contribution in [1.82, 2.24) is 0 Å². The summed E-state index contributed by atoms with van der Waals surface area (Å²) in [7, 11) is 0. The fourth-order valence-corrected chi connectivity index (χ4v) is 5.39. The molecule has 3 N–H and O–H groups in total. The highest BCUT2D eigenvalue weighted by molar-refractivity contribution is 5.80. The van der Waals surface area contributed by atoms with Gasteiger partial charge in [0.25, 0.3) is 0 Å². The Balaban J connectivity index is 1.70. The van der Waals surface area contributed by atoms with Crippen LogP contribution in [-0.4, -0.2) is 29.6 Å². The SMILES string of the molecule is CCc1cc2c(cc1OCCCC(=O)O)C1C(C(N)=O)CCCC1N2Cc1ccccc1. The Bertz CT molecular complexity index is 975. The molecule has 6 nitrogen and oxygen atoms in total. The second-order valence-electron chi connectivity index (χ2n) is 8.86. The average molecular weight is 437 g/mol. The van der Waals surface area contributed by atoms with E-state index in [1.807, 2.05) is 6.07 Å². The Hall–Kier alpha value is -3.02. The second-order valence-corrected chi connectivity index (χ2v) is 8.86. The largest absolute Gasteiger partial charge is 0.493 e. The van der Waals surface area contributed by atoms with Crippen molar-refractivity contribution in [2.45, 2.75) is 64.0 Å². The zero-order chi connectivity index (χ0) is 22.7. The van der Waals surface area contributed by atoms with E-state index >= 15 is 0 Å². The Morgan fingerprint density at radius 2 is 1.97 bits per heavy atom. The first-order chi connectivity index (χ1) is 15.5. The first-order valence-electron chi connectivity index (χ1n) is 11.6. The van der Waals surface area contributed by atoms with Gasteiger partial charge in [0.05, 0.1) is 6.61 Å². The molecule has 0 radical (unpaired) electrons. The smallest absolute Gasteiger partial charge is 0.303 e. The molecular weight excluding hydrogens is 404 g/mol. The fraction of sp³-hybridized carbons (Fsp3) is 0.462. The molecular formula is C26H32N2O4. The topological polar surface area (TPSA) is 92.9 Å². The summed E-state index contributed by atoms with van der Waals surface area (Å²) in [6.45, 7) is 3.25. The lowest BCUT2D eigenvalue weighted by atomic mass is 9.73. The molecule has 1 saturated carbocycles. The van der Waals surface area contributed by atoms with E-state index < -0.39 is 5.97 Å². The van der Waals surface area contributed by atoms with Crippen molar-refractivity contribution in [1.29, 1.82) is 0 Å². The van der Waals surface area contributed by atoms with Crippen LogP contribution in [0.25, 0.3) is 0 Å². The van der Waals surface area contributed by atoms with Crippen molar-refractivity contribution in [2.75, 3.05) is 11.5 Å². The molecule has 2 aromatic carbocycles. The van der Waals surface area contributed by atoms with Gasteiger partial charge < -0.3 is 20.5 Å². The number of carbonyl (C=O) groups is 2. The maximum absolute atomic E-state index is 12.4. The second kappa shape index (κ2) is 9.63. The number of fused-ring (bicyclic) bond motifs is 3. The molecule has 0 saturated heterocycles. The van der Waals surface area contributed by atoms with Crippen molar-refractivity contribution >= 4 is 17.6 Å². The molecule has 1 fully saturated rings. The molecule has 32 heavy (non-hydrogen) atoms. The maximum Gasteiger partial charge on any atom is 0.303 e. The third-order valence-corrected chi connectivity index (χ3v) is 6.88. The highest BCUT2D eigenvalue weighted by Crippen LogP contribution is 2.52. The molecule has 6 heteroatoms. The zero-order valence-corrected chi connectivity index (χ0v) is 18.6. The van der Waals surface area contributed by atoms with Crippen molar-refractivity contribution in [3.8, 4) is 5.75 Å². The number of nitrogens with two attached hydrogens (primary N) is 1. The first-order valence-corrected chi connectivity index (χ1v) is 11.6. The van der Waals surface area contributed by atoms with Crippen molar-refractivity contribution in [2.24, 2.45) is 11.7 Å². The number of amides is 1. The van der Waals surface area contributed by atoms with Gasteiger partial charge in [-0.15, -0.1) is 0 Å². The number of rotatable bonds is 9. The van der Waals surface area contributed by atoms with Crippen LogP contribution < -0.4 is 15.4 Å². The summed E-state index contributed by atoms with van der Waals surface area (Å²) in [6, 6.07) is 15.0. The van der Waals surface area contributed by atoms with Crippen LogP contribution >= 0.6 is 0 Å². The first kappa shape index (κ1) is 22.2. The van der Waals surface area contributed by atoms with E-state index in [2.05, 4.69) is 48.2 Å². The minimum atomic E-state index is -0.816. The van der Waals surface area contributed by atoms with Crippen molar-refractivity contribution < 1.29 is 19.4 Å². The van der Waals surface area contributed by atoms with Crippen LogP contribution in [0.15, 0.2) is 42.5 Å². The van der Waals surface area contributed by atoms with Crippen LogP contribution in [0.5, 0.6) is 5.75 Å². The lowest BCUT2D eigenvalue weighted by molar-refractivity contribution is -0.137. The van der Waals surface area contributed by atoms with Crippen molar-refractivity contribution in [3.05, 3.63) is 59.2 Å². The van der Waals surface area contributed by atoms with E-state index in [0.29, 0.717) is 13.0 Å². The Morgan fingerprint density at radius 3 is 2.66 bits per heavy atom. The highest BCUT2D eigenvalue weighted by atomic mass is 16.5. The van der Waals surface area contributed by atoms with E-state index in [-0.39, 0.29) is 30.2 Å². The molecule has 1 aliphatic carbocycles. The van der Waals surface area contributed by atoms with Crippen LogP contribution in [0, 0.1) is 5.92 Å². The number of ether oxygens (including phenoxy) is 1. The van der Waals surface area contributed by atoms with Gasteiger partial charge in [-0.3, -0.25) is 9.59 Å². The summed E-state index contributed by atoms with van der Waals surface area (Å²) < 4.78 is 6.03. The van der Waals surface area contributed by atoms with E-state index in [1.165, 1.54) is 11.3 Å². The summed E-state index contributed by atoms with van der Waals surface area (Å²) in [5.41, 5.74) is 10.5. The average Bonchev–Trinajstić information content (AvgIpc) is 3.09. The van der Waals surface area contributed by atoms with Gasteiger partial charge in [-0.2, -0.15) is 0 Å². The lowest BCUT2D eigenvalue weighted by Crippen LogP contribution is -2.42. The molecule has 0 spiro atoms. The number of hydrogen-bond donors (Lipinski definition) is 2. The van der Waals surface area contributed by atoms with Crippen LogP contribution in [0.4, 0.5) is 5.69 Å². The number of aliphatic carboxylic acids is 1. The quantitative estimate of drug-likeness (QED) is 0.573. The number of benzene rings is 2. The number of carboxylic acid groups (broad SMARTS) is 1. The van der Waals surface area contributed by atoms with E-state index in [9.17, 15) is 9.59 Å². The van der Waals surface area contributed by atoms with Gasteiger partial charge in [0.15, 0.2) is 0 Å². The molecule has 0 bridgehead atoms. The summed E-state index contributed by atoms with van der Waals surface area (Å²) >= 11 is 0. The highest BCUT2D eigenvalue weighted by Gasteiger charge is 2.46. The molecule has 1 amide bonds. The lowest BCUT2D eigenvalue weighted by Gasteiger charge is -2.37. The summed E-state index contributed by atoms with van der Waals surface area (Å²) in [6.07, 6.45) is 4.21. The van der Waals surface area contributed by atoms with Gasteiger partial charge in [0.1, 0.15) is 5.75 Å². The molecule has 2 aliphatic rings. The van der Waals surface area contributed by atoms with Gasteiger partial charge in [0.2, 0.25) is 5.91 Å². The number of carbonyl (C=O) groups excluding carboxylic acids is 1. The Labute approximate surface area is 189 Å². The number of anilines is 1. The molecule has 3 unspecified atom stereocenters. The van der Waals surface area contributed by atoms with Crippen LogP contribution in [0.3, 0.4) is 0 Å². The summed E-state index contributed by atoms with van der Waals surface area (Å²) in [4.78, 5) is 25.7. The fourth-order valence-electron chi connectivity index (χ4n) is 5.39. The molecule has 1 aliphatic heterocycles. The van der Waals surface area contributed by atoms with Crippen molar-refractivity contribution in [3.63, 3.8) is 0 Å². The van der Waals surface area contributed by atoms with Gasteiger partial charge in [0, 0.05) is 36.5 Å². The molecule has 170 valence electrons. The van der Waals surface area contributed by atoms with Gasteiger partial charge in [-0.1, -0.05) is 43.7 Å². The minimum absolute atomic E-state index is 0.0623. The Kier molecular flexibility index (Phi) is 6.68. The van der Waals surface area contributed by atoms with E-state index in [4.69, 9.17) is 15.6 Å². The minimum Gasteiger partial charge on any atom is -0.493 e. The van der Waals surface area contributed by atoms with Gasteiger partial charge >= 0.3 is 5.97 Å². The van der Waals surface area contributed by atoms with E-state index in [0.717, 1.165) is 49.1 Å². The normalized spacial score (nSPS) is 21.7. The predicted molar refractivity (Wildman–Crippen MR) is 124 cm³/mol. The standard InChI is InChI=1S/C26H32N2O4/c1-2-18-14-22-20(15-23(18)32-13-7-12-24(29)30)25-19(26(27)31)10-6-11-21(25)28(22)16-17-8-4-3-5-9-17/h3-5,8-9,14-15,19,21,25H,2,6-7,10-13,16H2,1H3,(H2,27,31)(H,29,30). The molecule has 3 atom stereocenters. The predicted octanol–water partition coefficient (Wildman–Crippen LogP) is 4.25. The molecule has 0 aromatic heterocycles. The van der Waals surface area contributed by atoms with Gasteiger partial charge in [-0.05, 0) is 54.5 Å². The third kappa shape index (κ3) is 4.45. The maximum atomic E-state index is 12.4. The van der Waals surface area contributed by atoms with Crippen LogP contribution in [-0.2, 0) is 22.6 Å². The monoisotopic (exact) mass is 436 g/mol. The van der Waals surface area contributed by atoms with Crippen LogP contribution in [0.2, 0.25) is 0 Å². The molecule has 4 rings (SSSR count). The van der Waals surface area contributed by atoms with Crippen LogP contribution in [0.1, 0.15) is 61.6 Å². The number of nitrogens with zero attached hydrogens (tertiary/aromatic N) is 1. The Morgan fingerprint density at radius 1 is 1.19 bits per heavy atom. The number of carboxylic acids is 1. The molecule has 1 heterocycles. The zero-order valence-electron chi connectivity index (χ0n) is 18.6. The summed E-state index contributed by atoms with van der Waals surface area (Å²) in [5, 5.41) is 8.89. The van der Waals surface area contributed by atoms with Gasteiger partial charge in [-0.25, -0.2) is 0 Å². The molecule has 2 aromatic rings. The summed E-state index contributed by atoms with van der Waals surface area (Å²) in [5.74, 6) is -0.363.